The van der Waals surface area contributed by atoms with Crippen molar-refractivity contribution in [3.05, 3.63) is 72.8 Å². The largest absolute Gasteiger partial charge is 0.427 e. The van der Waals surface area contributed by atoms with Gasteiger partial charge in [-0.15, -0.1) is 0 Å². The molecule has 0 amide bonds. The zero-order valence-corrected chi connectivity index (χ0v) is 18.2. The van der Waals surface area contributed by atoms with Crippen LogP contribution in [-0.2, 0) is 4.65 Å². The van der Waals surface area contributed by atoms with Crippen molar-refractivity contribution in [2.24, 2.45) is 0 Å². The molecule has 0 aliphatic carbocycles. The highest BCUT2D eigenvalue weighted by atomic mass is 16.5. The topological polar surface area (TPSA) is 51.7 Å². The third-order valence-corrected chi connectivity index (χ3v) is 6.20. The summed E-state index contributed by atoms with van der Waals surface area (Å²) in [5, 5.41) is 10.4. The van der Waals surface area contributed by atoms with Crippen LogP contribution in [-0.4, -0.2) is 37.7 Å². The number of rotatable bonds is 5. The summed E-state index contributed by atoms with van der Waals surface area (Å²) in [6.45, 7) is 7.27. The van der Waals surface area contributed by atoms with Gasteiger partial charge >= 0.3 is 7.48 Å². The second-order valence-electron chi connectivity index (χ2n) is 8.96. The molecule has 0 fully saturated rings. The van der Waals surface area contributed by atoms with E-state index in [4.69, 9.17) is 9.64 Å². The van der Waals surface area contributed by atoms with E-state index in [1.807, 2.05) is 50.2 Å². The quantitative estimate of drug-likeness (QED) is 0.441. The average Bonchev–Trinajstić information content (AvgIpc) is 3.26. The molecule has 0 atom stereocenters. The molecule has 1 N–H and O–H groups in total. The highest BCUT2D eigenvalue weighted by molar-refractivity contribution is 6.47. The van der Waals surface area contributed by atoms with Crippen LogP contribution >= 0.6 is 0 Å². The van der Waals surface area contributed by atoms with Crippen LogP contribution < -0.4 is 5.46 Å². The highest BCUT2D eigenvalue weighted by Crippen LogP contribution is 2.29. The fraction of sp³-hybridized carbons (Fsp3) is 0.240. The molecule has 5 aromatic rings. The van der Waals surface area contributed by atoms with Gasteiger partial charge in [-0.25, -0.2) is 4.98 Å². The SMILES string of the molecule is CC(C)(O)C(C)(C)O[B]c1cccc(-n2c3ccccc3n3c4ccccc4nc23)c1. The fourth-order valence-electron chi connectivity index (χ4n) is 3.70. The first-order valence-electron chi connectivity index (χ1n) is 10.5. The second-order valence-corrected chi connectivity index (χ2v) is 8.96. The van der Waals surface area contributed by atoms with Gasteiger partial charge in [-0.05, 0) is 64.1 Å². The van der Waals surface area contributed by atoms with Crippen LogP contribution in [0.4, 0.5) is 0 Å². The first-order valence-corrected chi connectivity index (χ1v) is 10.5. The molecule has 1 radical (unpaired) electrons. The standard InChI is InChI=1S/C25H25BN3O2/c1-24(2,30)25(3,4)31-26-17-10-9-11-18(16-17)28-21-14-7-8-15-22(21)29-20-13-6-5-12-19(20)27-23(28)29/h5-16,30H,1-4H3. The predicted octanol–water partition coefficient (Wildman–Crippen LogP) is 4.24. The van der Waals surface area contributed by atoms with Crippen molar-refractivity contribution in [1.82, 2.24) is 14.0 Å². The monoisotopic (exact) mass is 410 g/mol. The molecule has 0 spiro atoms. The molecule has 3 aromatic carbocycles. The number of aromatic nitrogens is 3. The van der Waals surface area contributed by atoms with Crippen LogP contribution in [0.3, 0.4) is 0 Å². The third kappa shape index (κ3) is 3.23. The average molecular weight is 410 g/mol. The fourth-order valence-corrected chi connectivity index (χ4v) is 3.70. The molecule has 31 heavy (non-hydrogen) atoms. The maximum atomic E-state index is 10.4. The van der Waals surface area contributed by atoms with E-state index in [1.165, 1.54) is 0 Å². The first-order chi connectivity index (χ1) is 14.8. The molecule has 5 nitrogen and oxygen atoms in total. The van der Waals surface area contributed by atoms with Gasteiger partial charge in [-0.3, -0.25) is 8.97 Å². The van der Waals surface area contributed by atoms with E-state index in [-0.39, 0.29) is 0 Å². The van der Waals surface area contributed by atoms with Crippen molar-refractivity contribution in [2.75, 3.05) is 0 Å². The third-order valence-electron chi connectivity index (χ3n) is 6.20. The smallest absolute Gasteiger partial charge is 0.330 e. The van der Waals surface area contributed by atoms with Crippen LogP contribution in [0, 0.1) is 0 Å². The lowest BCUT2D eigenvalue weighted by Crippen LogP contribution is -2.49. The Hall–Kier alpha value is -3.09. The van der Waals surface area contributed by atoms with Gasteiger partial charge in [0.05, 0.1) is 33.3 Å². The van der Waals surface area contributed by atoms with Crippen molar-refractivity contribution < 1.29 is 9.76 Å². The minimum atomic E-state index is -0.972. The van der Waals surface area contributed by atoms with Gasteiger partial charge < -0.3 is 9.76 Å². The van der Waals surface area contributed by atoms with Gasteiger partial charge in [0.15, 0.2) is 0 Å². The number of hydrogen-bond acceptors (Lipinski definition) is 3. The van der Waals surface area contributed by atoms with Crippen molar-refractivity contribution >= 4 is 40.8 Å². The van der Waals surface area contributed by atoms with Crippen LogP contribution in [0.2, 0.25) is 0 Å². The summed E-state index contributed by atoms with van der Waals surface area (Å²) in [6.07, 6.45) is 0. The van der Waals surface area contributed by atoms with E-state index in [9.17, 15) is 5.11 Å². The molecular weight excluding hydrogens is 385 g/mol. The number of imidazole rings is 2. The molecule has 2 heterocycles. The number of fused-ring (bicyclic) bond motifs is 5. The molecule has 0 aliphatic heterocycles. The number of hydrogen-bond donors (Lipinski definition) is 1. The van der Waals surface area contributed by atoms with E-state index in [2.05, 4.69) is 45.4 Å². The van der Waals surface area contributed by atoms with Crippen LogP contribution in [0.1, 0.15) is 27.7 Å². The Labute approximate surface area is 182 Å². The summed E-state index contributed by atoms with van der Waals surface area (Å²) in [5.41, 5.74) is 4.48. The lowest BCUT2D eigenvalue weighted by atomic mass is 9.82. The molecule has 2 aromatic heterocycles. The van der Waals surface area contributed by atoms with Crippen molar-refractivity contribution in [2.45, 2.75) is 38.9 Å². The maximum Gasteiger partial charge on any atom is 0.330 e. The number of nitrogens with zero attached hydrogens (tertiary/aromatic N) is 3. The minimum Gasteiger partial charge on any atom is -0.427 e. The van der Waals surface area contributed by atoms with Gasteiger partial charge in [0.2, 0.25) is 5.78 Å². The van der Waals surface area contributed by atoms with E-state index in [0.29, 0.717) is 0 Å². The summed E-state index contributed by atoms with van der Waals surface area (Å²) >= 11 is 0. The normalized spacial score (nSPS) is 12.8. The number of aliphatic hydroxyl groups is 1. The van der Waals surface area contributed by atoms with Crippen molar-refractivity contribution in [3.63, 3.8) is 0 Å². The Morgan fingerprint density at radius 1 is 0.839 bits per heavy atom. The van der Waals surface area contributed by atoms with Gasteiger partial charge in [0, 0.05) is 5.69 Å². The molecule has 0 bridgehead atoms. The molecule has 0 unspecified atom stereocenters. The van der Waals surface area contributed by atoms with Gasteiger partial charge in [0.25, 0.3) is 0 Å². The second kappa shape index (κ2) is 6.97. The van der Waals surface area contributed by atoms with Crippen LogP contribution in [0.25, 0.3) is 33.5 Å². The summed E-state index contributed by atoms with van der Waals surface area (Å²) in [4.78, 5) is 4.93. The van der Waals surface area contributed by atoms with E-state index in [1.54, 1.807) is 21.3 Å². The Morgan fingerprint density at radius 2 is 1.52 bits per heavy atom. The Bertz CT molecular complexity index is 1410. The summed E-state index contributed by atoms with van der Waals surface area (Å²) in [6, 6.07) is 24.7. The maximum absolute atomic E-state index is 10.4. The first kappa shape index (κ1) is 19.9. The van der Waals surface area contributed by atoms with Gasteiger partial charge in [0.1, 0.15) is 0 Å². The van der Waals surface area contributed by atoms with Crippen molar-refractivity contribution in [3.8, 4) is 5.69 Å². The van der Waals surface area contributed by atoms with Crippen molar-refractivity contribution in [1.29, 1.82) is 0 Å². The predicted molar refractivity (Wildman–Crippen MR) is 126 cm³/mol. The number of benzene rings is 3. The molecule has 6 heteroatoms. The molecule has 0 aliphatic rings. The molecular formula is C25H25BN3O2. The van der Waals surface area contributed by atoms with Crippen LogP contribution in [0.15, 0.2) is 72.8 Å². The Morgan fingerprint density at radius 3 is 2.26 bits per heavy atom. The Balaban J connectivity index is 1.64. The molecule has 5 rings (SSSR count). The van der Waals surface area contributed by atoms with Gasteiger partial charge in [-0.2, -0.15) is 0 Å². The van der Waals surface area contributed by atoms with E-state index >= 15 is 0 Å². The zero-order valence-electron chi connectivity index (χ0n) is 18.2. The number of para-hydroxylation sites is 4. The molecule has 0 saturated heterocycles. The van der Waals surface area contributed by atoms with Crippen LogP contribution in [0.5, 0.6) is 0 Å². The summed E-state index contributed by atoms with van der Waals surface area (Å²) in [5.74, 6) is 0.872. The van der Waals surface area contributed by atoms with E-state index < -0.39 is 11.2 Å². The highest BCUT2D eigenvalue weighted by Gasteiger charge is 2.35. The van der Waals surface area contributed by atoms with Gasteiger partial charge in [-0.1, -0.05) is 41.9 Å². The lowest BCUT2D eigenvalue weighted by molar-refractivity contribution is -0.0893. The molecule has 0 saturated carbocycles. The summed E-state index contributed by atoms with van der Waals surface area (Å²) in [7, 11) is 1.71. The Kier molecular flexibility index (Phi) is 4.47. The summed E-state index contributed by atoms with van der Waals surface area (Å²) < 4.78 is 10.3. The van der Waals surface area contributed by atoms with E-state index in [0.717, 1.165) is 39.0 Å². The lowest BCUT2D eigenvalue weighted by Gasteiger charge is -2.37. The zero-order chi connectivity index (χ0) is 21.8. The minimum absolute atomic E-state index is 0.725. The molecule has 155 valence electrons.